The summed E-state index contributed by atoms with van der Waals surface area (Å²) >= 11 is 0. The number of rotatable bonds is 5. The maximum atomic E-state index is 11.6. The second kappa shape index (κ2) is 6.62. The van der Waals surface area contributed by atoms with Crippen LogP contribution in [-0.2, 0) is 6.61 Å². The quantitative estimate of drug-likeness (QED) is 0.884. The van der Waals surface area contributed by atoms with Crippen molar-refractivity contribution in [1.29, 1.82) is 0 Å². The van der Waals surface area contributed by atoms with E-state index in [0.717, 1.165) is 31.5 Å². The minimum absolute atomic E-state index is 0.0638. The van der Waals surface area contributed by atoms with Gasteiger partial charge in [0, 0.05) is 6.54 Å². The van der Waals surface area contributed by atoms with Gasteiger partial charge in [-0.1, -0.05) is 30.3 Å². The molecule has 0 saturated carbocycles. The second-order valence-electron chi connectivity index (χ2n) is 5.38. The van der Waals surface area contributed by atoms with E-state index in [1.54, 1.807) is 4.68 Å². The molecule has 2 heterocycles. The van der Waals surface area contributed by atoms with Gasteiger partial charge in [-0.15, -0.1) is 0 Å². The van der Waals surface area contributed by atoms with Crippen LogP contribution in [0, 0.1) is 0 Å². The Labute approximate surface area is 128 Å². The van der Waals surface area contributed by atoms with Crippen molar-refractivity contribution >= 4 is 5.97 Å². The Balaban J connectivity index is 1.79. The Morgan fingerprint density at radius 1 is 1.41 bits per heavy atom. The molecule has 2 N–H and O–H groups in total. The van der Waals surface area contributed by atoms with E-state index in [2.05, 4.69) is 10.4 Å². The SMILES string of the molecule is O=C(O)c1c(OCc2ccccc2)cnn1C1CCCNC1. The molecule has 6 heteroatoms. The molecule has 116 valence electrons. The largest absolute Gasteiger partial charge is 0.485 e. The van der Waals surface area contributed by atoms with E-state index in [-0.39, 0.29) is 11.7 Å². The van der Waals surface area contributed by atoms with Gasteiger partial charge in [0.05, 0.1) is 12.2 Å². The first-order valence-electron chi connectivity index (χ1n) is 7.44. The first-order chi connectivity index (χ1) is 10.8. The zero-order valence-electron chi connectivity index (χ0n) is 12.2. The van der Waals surface area contributed by atoms with Crippen molar-refractivity contribution < 1.29 is 14.6 Å². The van der Waals surface area contributed by atoms with Crippen molar-refractivity contribution in [2.75, 3.05) is 13.1 Å². The van der Waals surface area contributed by atoms with Crippen LogP contribution in [0.2, 0.25) is 0 Å². The Hall–Kier alpha value is -2.34. The van der Waals surface area contributed by atoms with Crippen LogP contribution in [0.1, 0.15) is 34.9 Å². The zero-order valence-corrected chi connectivity index (χ0v) is 12.2. The van der Waals surface area contributed by atoms with Crippen molar-refractivity contribution in [3.8, 4) is 5.75 Å². The van der Waals surface area contributed by atoms with Crippen LogP contribution >= 0.6 is 0 Å². The number of nitrogens with zero attached hydrogens (tertiary/aromatic N) is 2. The van der Waals surface area contributed by atoms with Gasteiger partial charge >= 0.3 is 5.97 Å². The maximum Gasteiger partial charge on any atom is 0.358 e. The van der Waals surface area contributed by atoms with Gasteiger partial charge in [0.25, 0.3) is 0 Å². The fourth-order valence-electron chi connectivity index (χ4n) is 2.71. The highest BCUT2D eigenvalue weighted by molar-refractivity contribution is 5.88. The molecule has 0 radical (unpaired) electrons. The van der Waals surface area contributed by atoms with Gasteiger partial charge in [0.1, 0.15) is 6.61 Å². The smallest absolute Gasteiger partial charge is 0.358 e. The van der Waals surface area contributed by atoms with Gasteiger partial charge < -0.3 is 15.2 Å². The van der Waals surface area contributed by atoms with Gasteiger partial charge in [0.15, 0.2) is 11.4 Å². The lowest BCUT2D eigenvalue weighted by Crippen LogP contribution is -2.33. The third-order valence-electron chi connectivity index (χ3n) is 3.82. The van der Waals surface area contributed by atoms with Crippen molar-refractivity contribution in [3.63, 3.8) is 0 Å². The minimum atomic E-state index is -1.01. The lowest BCUT2D eigenvalue weighted by atomic mass is 10.1. The molecule has 1 saturated heterocycles. The number of hydrogen-bond donors (Lipinski definition) is 2. The standard InChI is InChI=1S/C16H19N3O3/c20-16(21)15-14(22-11-12-5-2-1-3-6-12)10-18-19(15)13-7-4-8-17-9-13/h1-3,5-6,10,13,17H,4,7-9,11H2,(H,20,21). The van der Waals surface area contributed by atoms with Crippen molar-refractivity contribution in [1.82, 2.24) is 15.1 Å². The molecule has 6 nitrogen and oxygen atoms in total. The highest BCUT2D eigenvalue weighted by atomic mass is 16.5. The summed E-state index contributed by atoms with van der Waals surface area (Å²) in [6.45, 7) is 2.04. The number of hydrogen-bond acceptors (Lipinski definition) is 4. The van der Waals surface area contributed by atoms with Crippen LogP contribution in [0.3, 0.4) is 0 Å². The summed E-state index contributed by atoms with van der Waals surface area (Å²) in [6.07, 6.45) is 3.44. The van der Waals surface area contributed by atoms with Crippen LogP contribution in [0.25, 0.3) is 0 Å². The average Bonchev–Trinajstić information content (AvgIpc) is 2.99. The molecule has 0 amide bonds. The molecule has 0 aliphatic carbocycles. The molecule has 1 atom stereocenters. The monoisotopic (exact) mass is 301 g/mol. The predicted octanol–water partition coefficient (Wildman–Crippen LogP) is 2.08. The number of carboxylic acid groups (broad SMARTS) is 1. The molecule has 1 unspecified atom stereocenters. The number of benzene rings is 1. The Bertz CT molecular complexity index is 633. The molecule has 1 aromatic carbocycles. The molecule has 1 aliphatic heterocycles. The highest BCUT2D eigenvalue weighted by Gasteiger charge is 2.25. The van der Waals surface area contributed by atoms with E-state index in [1.165, 1.54) is 6.20 Å². The van der Waals surface area contributed by atoms with E-state index in [0.29, 0.717) is 12.4 Å². The molecular formula is C16H19N3O3. The number of aromatic carboxylic acids is 1. The molecule has 2 aromatic rings. The summed E-state index contributed by atoms with van der Waals surface area (Å²) in [6, 6.07) is 9.72. The summed E-state index contributed by atoms with van der Waals surface area (Å²) in [7, 11) is 0. The summed E-state index contributed by atoms with van der Waals surface area (Å²) < 4.78 is 7.25. The number of piperidine rings is 1. The van der Waals surface area contributed by atoms with E-state index in [4.69, 9.17) is 4.74 Å². The summed E-state index contributed by atoms with van der Waals surface area (Å²) in [5.74, 6) is -0.687. The Kier molecular flexibility index (Phi) is 4.39. The van der Waals surface area contributed by atoms with E-state index in [9.17, 15) is 9.90 Å². The first kappa shape index (κ1) is 14.6. The lowest BCUT2D eigenvalue weighted by molar-refractivity contribution is 0.0673. The first-order valence-corrected chi connectivity index (χ1v) is 7.44. The molecule has 0 spiro atoms. The van der Waals surface area contributed by atoms with Gasteiger partial charge in [-0.2, -0.15) is 5.10 Å². The lowest BCUT2D eigenvalue weighted by Gasteiger charge is -2.24. The van der Waals surface area contributed by atoms with Gasteiger partial charge in [-0.3, -0.25) is 4.68 Å². The molecule has 1 fully saturated rings. The highest BCUT2D eigenvalue weighted by Crippen LogP contribution is 2.25. The van der Waals surface area contributed by atoms with Crippen LogP contribution in [0.15, 0.2) is 36.5 Å². The van der Waals surface area contributed by atoms with Gasteiger partial charge in [-0.05, 0) is 24.9 Å². The molecule has 1 aromatic heterocycles. The minimum Gasteiger partial charge on any atom is -0.485 e. The maximum absolute atomic E-state index is 11.6. The van der Waals surface area contributed by atoms with E-state index < -0.39 is 5.97 Å². The summed E-state index contributed by atoms with van der Waals surface area (Å²) in [5, 5.41) is 17.0. The Morgan fingerprint density at radius 3 is 2.91 bits per heavy atom. The van der Waals surface area contributed by atoms with Gasteiger partial charge in [-0.25, -0.2) is 4.79 Å². The number of carbonyl (C=O) groups is 1. The van der Waals surface area contributed by atoms with Crippen LogP contribution in [0.5, 0.6) is 5.75 Å². The number of aromatic nitrogens is 2. The molecule has 22 heavy (non-hydrogen) atoms. The number of carboxylic acids is 1. The number of ether oxygens (including phenoxy) is 1. The van der Waals surface area contributed by atoms with Crippen molar-refractivity contribution in [3.05, 3.63) is 47.8 Å². The van der Waals surface area contributed by atoms with Crippen LogP contribution in [0.4, 0.5) is 0 Å². The van der Waals surface area contributed by atoms with Crippen molar-refractivity contribution in [2.45, 2.75) is 25.5 Å². The summed E-state index contributed by atoms with van der Waals surface area (Å²) in [4.78, 5) is 11.6. The topological polar surface area (TPSA) is 76.4 Å². The molecule has 1 aliphatic rings. The van der Waals surface area contributed by atoms with E-state index in [1.807, 2.05) is 30.3 Å². The molecule has 0 bridgehead atoms. The number of nitrogens with one attached hydrogen (secondary N) is 1. The van der Waals surface area contributed by atoms with Gasteiger partial charge in [0.2, 0.25) is 0 Å². The third kappa shape index (κ3) is 3.12. The average molecular weight is 301 g/mol. The predicted molar refractivity (Wildman–Crippen MR) is 81.1 cm³/mol. The zero-order chi connectivity index (χ0) is 15.4. The normalized spacial score (nSPS) is 18.1. The molecule has 3 rings (SSSR count). The summed E-state index contributed by atoms with van der Waals surface area (Å²) in [5.41, 5.74) is 1.12. The van der Waals surface area contributed by atoms with Crippen molar-refractivity contribution in [2.24, 2.45) is 0 Å². The van der Waals surface area contributed by atoms with E-state index >= 15 is 0 Å². The second-order valence-corrected chi connectivity index (χ2v) is 5.38. The molecular weight excluding hydrogens is 282 g/mol. The fraction of sp³-hybridized carbons (Fsp3) is 0.375. The fourth-order valence-corrected chi connectivity index (χ4v) is 2.71. The van der Waals surface area contributed by atoms with Crippen LogP contribution < -0.4 is 10.1 Å². The third-order valence-corrected chi connectivity index (χ3v) is 3.82. The Morgan fingerprint density at radius 2 is 2.23 bits per heavy atom. The van der Waals surface area contributed by atoms with Crippen LogP contribution in [-0.4, -0.2) is 33.9 Å².